The van der Waals surface area contributed by atoms with Crippen LogP contribution in [0, 0.1) is 21.8 Å². The summed E-state index contributed by atoms with van der Waals surface area (Å²) in [4.78, 5) is 9.83. The van der Waals surface area contributed by atoms with Crippen molar-refractivity contribution in [1.82, 2.24) is 0 Å². The molecular formula is C11H14FNO2S. The molecule has 5 heteroatoms. The van der Waals surface area contributed by atoms with Gasteiger partial charge in [0.05, 0.1) is 4.92 Å². The molecule has 0 saturated carbocycles. The van der Waals surface area contributed by atoms with Crippen LogP contribution >= 0.6 is 11.8 Å². The Morgan fingerprint density at radius 1 is 1.50 bits per heavy atom. The van der Waals surface area contributed by atoms with E-state index in [0.717, 1.165) is 5.75 Å². The van der Waals surface area contributed by atoms with Gasteiger partial charge >= 0.3 is 5.69 Å². The van der Waals surface area contributed by atoms with E-state index in [0.29, 0.717) is 17.2 Å². The predicted molar refractivity (Wildman–Crippen MR) is 64.1 cm³/mol. The molecule has 0 N–H and O–H groups in total. The van der Waals surface area contributed by atoms with Crippen LogP contribution in [0.5, 0.6) is 0 Å². The lowest BCUT2D eigenvalue weighted by Gasteiger charge is -2.05. The molecule has 1 rings (SSSR count). The van der Waals surface area contributed by atoms with E-state index in [1.165, 1.54) is 12.1 Å². The van der Waals surface area contributed by atoms with Gasteiger partial charge in [0.1, 0.15) is 0 Å². The van der Waals surface area contributed by atoms with Crippen LogP contribution in [0.1, 0.15) is 19.4 Å². The lowest BCUT2D eigenvalue weighted by atomic mass is 10.2. The molecular weight excluding hydrogens is 229 g/mol. The maximum Gasteiger partial charge on any atom is 0.305 e. The van der Waals surface area contributed by atoms with Gasteiger partial charge in [-0.15, -0.1) is 0 Å². The summed E-state index contributed by atoms with van der Waals surface area (Å²) in [6.45, 7) is 4.16. The van der Waals surface area contributed by atoms with Crippen LogP contribution in [-0.4, -0.2) is 10.7 Å². The first-order valence-corrected chi connectivity index (χ1v) is 6.17. The van der Waals surface area contributed by atoms with Gasteiger partial charge in [0.15, 0.2) is 0 Å². The van der Waals surface area contributed by atoms with Gasteiger partial charge < -0.3 is 0 Å². The number of nitro groups is 1. The number of halogens is 1. The third kappa shape index (κ3) is 3.48. The molecule has 3 nitrogen and oxygen atoms in total. The van der Waals surface area contributed by atoms with Crippen molar-refractivity contribution in [2.45, 2.75) is 19.6 Å². The average Bonchev–Trinajstić information content (AvgIpc) is 2.19. The van der Waals surface area contributed by atoms with Gasteiger partial charge in [-0.25, -0.2) is 0 Å². The van der Waals surface area contributed by atoms with Crippen molar-refractivity contribution in [3.63, 3.8) is 0 Å². The summed E-state index contributed by atoms with van der Waals surface area (Å²) < 4.78 is 13.6. The first kappa shape index (κ1) is 13.0. The summed E-state index contributed by atoms with van der Waals surface area (Å²) in [7, 11) is 0. The van der Waals surface area contributed by atoms with E-state index in [9.17, 15) is 14.5 Å². The van der Waals surface area contributed by atoms with E-state index in [-0.39, 0.29) is 0 Å². The van der Waals surface area contributed by atoms with Crippen LogP contribution < -0.4 is 0 Å². The second-order valence-electron chi connectivity index (χ2n) is 3.92. The molecule has 0 aromatic heterocycles. The van der Waals surface area contributed by atoms with Crippen LogP contribution in [-0.2, 0) is 5.75 Å². The zero-order chi connectivity index (χ0) is 12.1. The van der Waals surface area contributed by atoms with Gasteiger partial charge in [-0.3, -0.25) is 10.1 Å². The summed E-state index contributed by atoms with van der Waals surface area (Å²) in [5.74, 6) is 1.23. The average molecular weight is 243 g/mol. The van der Waals surface area contributed by atoms with Crippen molar-refractivity contribution in [3.05, 3.63) is 39.7 Å². The molecule has 0 aliphatic carbocycles. The van der Waals surface area contributed by atoms with Gasteiger partial charge in [0.25, 0.3) is 0 Å². The minimum absolute atomic E-state index is 0.403. The Balaban J connectivity index is 2.73. The van der Waals surface area contributed by atoms with E-state index in [1.54, 1.807) is 17.8 Å². The highest BCUT2D eigenvalue weighted by molar-refractivity contribution is 7.98. The fourth-order valence-electron chi connectivity index (χ4n) is 1.22. The Morgan fingerprint density at radius 3 is 2.75 bits per heavy atom. The largest absolute Gasteiger partial charge is 0.305 e. The molecule has 0 saturated heterocycles. The molecule has 0 fully saturated rings. The summed E-state index contributed by atoms with van der Waals surface area (Å²) in [5, 5.41) is 10.5. The van der Waals surface area contributed by atoms with Crippen molar-refractivity contribution in [2.24, 2.45) is 5.92 Å². The van der Waals surface area contributed by atoms with Gasteiger partial charge in [-0.2, -0.15) is 16.2 Å². The third-order valence-corrected chi connectivity index (χ3v) is 3.38. The Bertz CT molecular complexity index is 382. The standard InChI is InChI=1S/C11H14FNO2S/c1-8(2)6-16-7-9-4-3-5-10(11(9)12)13(14)15/h3-5,8H,6-7H2,1-2H3. The summed E-state index contributed by atoms with van der Waals surface area (Å²) >= 11 is 1.59. The number of benzene rings is 1. The van der Waals surface area contributed by atoms with Crippen LogP contribution in [0.4, 0.5) is 10.1 Å². The number of rotatable bonds is 5. The SMILES string of the molecule is CC(C)CSCc1cccc([N+](=O)[O-])c1F. The van der Waals surface area contributed by atoms with Crippen molar-refractivity contribution in [2.75, 3.05) is 5.75 Å². The second kappa shape index (κ2) is 5.84. The smallest absolute Gasteiger partial charge is 0.258 e. The lowest BCUT2D eigenvalue weighted by Crippen LogP contribution is -1.97. The topological polar surface area (TPSA) is 43.1 Å². The highest BCUT2D eigenvalue weighted by atomic mass is 32.2. The zero-order valence-electron chi connectivity index (χ0n) is 9.27. The number of nitrogens with zero attached hydrogens (tertiary/aromatic N) is 1. The van der Waals surface area contributed by atoms with E-state index < -0.39 is 16.4 Å². The molecule has 88 valence electrons. The summed E-state index contributed by atoms with van der Waals surface area (Å²) in [6, 6.07) is 4.30. The highest BCUT2D eigenvalue weighted by Crippen LogP contribution is 2.24. The number of nitro benzene ring substituents is 1. The van der Waals surface area contributed by atoms with Crippen LogP contribution in [0.15, 0.2) is 18.2 Å². The van der Waals surface area contributed by atoms with E-state index in [1.807, 2.05) is 0 Å². The fourth-order valence-corrected chi connectivity index (χ4v) is 2.26. The van der Waals surface area contributed by atoms with Crippen LogP contribution in [0.2, 0.25) is 0 Å². The number of thioether (sulfide) groups is 1. The Kier molecular flexibility index (Phi) is 4.73. The van der Waals surface area contributed by atoms with Crippen molar-refractivity contribution < 1.29 is 9.31 Å². The molecule has 0 aliphatic rings. The molecule has 0 bridgehead atoms. The molecule has 0 aliphatic heterocycles. The third-order valence-electron chi connectivity index (χ3n) is 1.96. The molecule has 0 spiro atoms. The maximum atomic E-state index is 13.6. The van der Waals surface area contributed by atoms with Gasteiger partial charge in [-0.05, 0) is 11.7 Å². The molecule has 1 aromatic rings. The first-order valence-electron chi connectivity index (χ1n) is 5.02. The Morgan fingerprint density at radius 2 is 2.19 bits per heavy atom. The molecule has 0 unspecified atom stereocenters. The van der Waals surface area contributed by atoms with Crippen LogP contribution in [0.25, 0.3) is 0 Å². The predicted octanol–water partition coefficient (Wildman–Crippen LogP) is 3.62. The highest BCUT2D eigenvalue weighted by Gasteiger charge is 2.16. The van der Waals surface area contributed by atoms with E-state index in [2.05, 4.69) is 13.8 Å². The maximum absolute atomic E-state index is 13.6. The minimum atomic E-state index is -0.705. The van der Waals surface area contributed by atoms with Gasteiger partial charge in [0, 0.05) is 17.4 Å². The number of hydrogen-bond acceptors (Lipinski definition) is 3. The molecule has 1 aromatic carbocycles. The van der Waals surface area contributed by atoms with Crippen LogP contribution in [0.3, 0.4) is 0 Å². The van der Waals surface area contributed by atoms with Crippen molar-refractivity contribution in [1.29, 1.82) is 0 Å². The number of hydrogen-bond donors (Lipinski definition) is 0. The van der Waals surface area contributed by atoms with Crippen molar-refractivity contribution in [3.8, 4) is 0 Å². The molecule has 0 atom stereocenters. The van der Waals surface area contributed by atoms with Gasteiger partial charge in [0.2, 0.25) is 5.82 Å². The zero-order valence-corrected chi connectivity index (χ0v) is 10.1. The minimum Gasteiger partial charge on any atom is -0.258 e. The molecule has 0 heterocycles. The molecule has 0 radical (unpaired) electrons. The van der Waals surface area contributed by atoms with E-state index in [4.69, 9.17) is 0 Å². The lowest BCUT2D eigenvalue weighted by molar-refractivity contribution is -0.387. The second-order valence-corrected chi connectivity index (χ2v) is 4.95. The Hall–Kier alpha value is -1.10. The monoisotopic (exact) mass is 243 g/mol. The van der Waals surface area contributed by atoms with Gasteiger partial charge in [-0.1, -0.05) is 26.0 Å². The first-order chi connectivity index (χ1) is 7.52. The Labute approximate surface area is 98.2 Å². The molecule has 16 heavy (non-hydrogen) atoms. The normalized spacial score (nSPS) is 10.8. The summed E-state index contributed by atoms with van der Waals surface area (Å²) in [6.07, 6.45) is 0. The van der Waals surface area contributed by atoms with E-state index >= 15 is 0 Å². The molecule has 0 amide bonds. The quantitative estimate of drug-likeness (QED) is 0.586. The summed E-state index contributed by atoms with van der Waals surface area (Å²) in [5.41, 5.74) is -0.0394. The fraction of sp³-hybridized carbons (Fsp3) is 0.455. The van der Waals surface area contributed by atoms with Crippen molar-refractivity contribution >= 4 is 17.4 Å².